The van der Waals surface area contributed by atoms with Gasteiger partial charge in [0.2, 0.25) is 14.1 Å². The zero-order chi connectivity index (χ0) is 19.1. The van der Waals surface area contributed by atoms with E-state index in [0.717, 1.165) is 0 Å². The maximum absolute atomic E-state index is 12.8. The predicted molar refractivity (Wildman–Crippen MR) is 68.4 cm³/mol. The van der Waals surface area contributed by atoms with E-state index in [0.29, 0.717) is 0 Å². The first-order valence-corrected chi connectivity index (χ1v) is 9.11. The van der Waals surface area contributed by atoms with Crippen LogP contribution in [0.5, 0.6) is 0 Å². The Bertz CT molecular complexity index is 483. The molecule has 0 N–H and O–H groups in total. The molecule has 0 aliphatic rings. The highest BCUT2D eigenvalue weighted by Gasteiger charge is 2.63. The maximum atomic E-state index is 12.8. The minimum atomic E-state index is -6.30. The normalized spacial score (nSPS) is 15.6. The van der Waals surface area contributed by atoms with Gasteiger partial charge in [-0.15, -0.1) is 0 Å². The fraction of sp³-hybridized carbons (Fsp3) is 0.750. The number of carbonyl (C=O) groups is 1. The summed E-state index contributed by atoms with van der Waals surface area (Å²) in [7, 11) is -3.22. The van der Waals surface area contributed by atoms with Crippen molar-refractivity contribution in [2.45, 2.75) is 57.2 Å². The first-order chi connectivity index (χ1) is 9.73. The maximum Gasteiger partial charge on any atom is 0.461 e. The van der Waals surface area contributed by atoms with Crippen LogP contribution in [0.25, 0.3) is 0 Å². The molecule has 23 heavy (non-hydrogen) atoms. The summed E-state index contributed by atoms with van der Waals surface area (Å²) in [4.78, 5) is 11.0. The highest BCUT2D eigenvalue weighted by Crippen LogP contribution is 2.42. The second-order valence-corrected chi connectivity index (χ2v) is 11.0. The van der Waals surface area contributed by atoms with Crippen LogP contribution in [0.1, 0.15) is 20.8 Å². The smallest absolute Gasteiger partial charge is 0.461 e. The number of hydrogen-bond donors (Lipinski definition) is 0. The van der Waals surface area contributed by atoms with E-state index in [1.807, 2.05) is 0 Å². The second kappa shape index (κ2) is 6.06. The van der Waals surface area contributed by atoms with Gasteiger partial charge in [0.25, 0.3) is 0 Å². The van der Waals surface area contributed by atoms with Crippen LogP contribution in [-0.2, 0) is 9.22 Å². The molecule has 0 aliphatic heterocycles. The number of halogens is 8. The topological polar surface area (TPSA) is 26.3 Å². The van der Waals surface area contributed by atoms with Gasteiger partial charge >= 0.3 is 18.3 Å². The molecule has 0 saturated heterocycles. The minimum absolute atomic E-state index is 0.799. The van der Waals surface area contributed by atoms with E-state index in [4.69, 9.17) is 4.43 Å². The number of rotatable bonds is 4. The molecule has 2 nitrogen and oxygen atoms in total. The Morgan fingerprint density at radius 3 is 1.57 bits per heavy atom. The average Bonchev–Trinajstić information content (AvgIpc) is 2.22. The lowest BCUT2D eigenvalue weighted by molar-refractivity contribution is -0.266. The van der Waals surface area contributed by atoms with Crippen molar-refractivity contribution in [2.75, 3.05) is 0 Å². The molecular weight excluding hydrogens is 356 g/mol. The number of allylic oxidation sites excluding steroid dienone is 2. The van der Waals surface area contributed by atoms with Gasteiger partial charge in [-0.2, -0.15) is 35.1 Å². The second-order valence-electron chi connectivity index (χ2n) is 6.31. The standard InChI is InChI=1S/C12H16F8O2Si/c1-9(2,3)23(4,5)22-8(11(15,16)17)6-7(21)10(13,14)12(18,19)20/h6H,1-5H3. The lowest BCUT2D eigenvalue weighted by Gasteiger charge is -2.37. The molecule has 0 atom stereocenters. The third-order valence-electron chi connectivity index (χ3n) is 3.38. The molecule has 0 radical (unpaired) electrons. The Morgan fingerprint density at radius 2 is 1.30 bits per heavy atom. The van der Waals surface area contributed by atoms with Gasteiger partial charge in [0.05, 0.1) is 0 Å². The minimum Gasteiger partial charge on any atom is -0.540 e. The molecule has 0 bridgehead atoms. The van der Waals surface area contributed by atoms with Gasteiger partial charge in [0.1, 0.15) is 0 Å². The monoisotopic (exact) mass is 372 g/mol. The lowest BCUT2D eigenvalue weighted by Crippen LogP contribution is -2.45. The number of alkyl halides is 8. The summed E-state index contributed by atoms with van der Waals surface area (Å²) < 4.78 is 105. The highest BCUT2D eigenvalue weighted by atomic mass is 28.4. The molecule has 0 unspecified atom stereocenters. The molecule has 0 heterocycles. The highest BCUT2D eigenvalue weighted by molar-refractivity contribution is 6.74. The van der Waals surface area contributed by atoms with Gasteiger partial charge in [-0.05, 0) is 18.1 Å². The van der Waals surface area contributed by atoms with Crippen molar-refractivity contribution in [1.29, 1.82) is 0 Å². The number of ketones is 1. The van der Waals surface area contributed by atoms with Crippen molar-refractivity contribution in [3.8, 4) is 0 Å². The van der Waals surface area contributed by atoms with Gasteiger partial charge in [-0.3, -0.25) is 4.79 Å². The Morgan fingerprint density at radius 1 is 0.913 bits per heavy atom. The number of hydrogen-bond acceptors (Lipinski definition) is 2. The Kier molecular flexibility index (Phi) is 5.76. The molecule has 0 saturated carbocycles. The molecule has 0 fully saturated rings. The molecule has 0 aliphatic carbocycles. The van der Waals surface area contributed by atoms with Crippen LogP contribution in [0.3, 0.4) is 0 Å². The van der Waals surface area contributed by atoms with Crippen LogP contribution >= 0.6 is 0 Å². The van der Waals surface area contributed by atoms with Crippen molar-refractivity contribution < 1.29 is 44.3 Å². The summed E-state index contributed by atoms with van der Waals surface area (Å²) in [6.07, 6.45) is -12.5. The van der Waals surface area contributed by atoms with Crippen molar-refractivity contribution in [1.82, 2.24) is 0 Å². The van der Waals surface area contributed by atoms with Crippen LogP contribution in [0.15, 0.2) is 11.8 Å². The SMILES string of the molecule is CC(C)(C)[Si](C)(C)OC(=CC(=O)C(F)(F)C(F)(F)F)C(F)(F)F. The van der Waals surface area contributed by atoms with Gasteiger partial charge < -0.3 is 4.43 Å². The summed E-state index contributed by atoms with van der Waals surface area (Å²) in [6.45, 7) is 7.22. The Hall–Kier alpha value is -1.13. The molecule has 0 aromatic rings. The molecule has 0 amide bonds. The first-order valence-electron chi connectivity index (χ1n) is 6.20. The molecule has 0 rings (SSSR count). The van der Waals surface area contributed by atoms with Crippen LogP contribution < -0.4 is 0 Å². The first kappa shape index (κ1) is 21.9. The predicted octanol–water partition coefficient (Wildman–Crippen LogP) is 5.22. The third-order valence-corrected chi connectivity index (χ3v) is 7.72. The van der Waals surface area contributed by atoms with Gasteiger partial charge in [0, 0.05) is 6.08 Å². The summed E-state index contributed by atoms with van der Waals surface area (Å²) >= 11 is 0. The van der Waals surface area contributed by atoms with Crippen LogP contribution in [0, 0.1) is 0 Å². The van der Waals surface area contributed by atoms with E-state index in [2.05, 4.69) is 0 Å². The van der Waals surface area contributed by atoms with Crippen molar-refractivity contribution >= 4 is 14.1 Å². The van der Waals surface area contributed by atoms with Gasteiger partial charge in [0.15, 0.2) is 5.76 Å². The van der Waals surface area contributed by atoms with E-state index in [-0.39, 0.29) is 0 Å². The largest absolute Gasteiger partial charge is 0.540 e. The Labute approximate surface area is 128 Å². The summed E-state index contributed by atoms with van der Waals surface area (Å²) in [6, 6.07) is 0. The van der Waals surface area contributed by atoms with Crippen LogP contribution in [0.2, 0.25) is 18.1 Å². The fourth-order valence-corrected chi connectivity index (χ4v) is 1.98. The quantitative estimate of drug-likeness (QED) is 0.293. The lowest BCUT2D eigenvalue weighted by atomic mass is 10.2. The average molecular weight is 372 g/mol. The fourth-order valence-electron chi connectivity index (χ4n) is 0.947. The van der Waals surface area contributed by atoms with Gasteiger partial charge in [-0.1, -0.05) is 20.8 Å². The Balaban J connectivity index is 5.84. The molecule has 0 aromatic heterocycles. The number of carbonyl (C=O) groups excluding carboxylic acids is 1. The summed E-state index contributed by atoms with van der Waals surface area (Å²) in [5.74, 6) is -11.1. The molecule has 0 spiro atoms. The van der Waals surface area contributed by atoms with E-state index in [1.165, 1.54) is 33.9 Å². The molecular formula is C12H16F8O2Si. The summed E-state index contributed by atoms with van der Waals surface area (Å²) in [5.41, 5.74) is 0. The zero-order valence-electron chi connectivity index (χ0n) is 12.9. The van der Waals surface area contributed by atoms with Crippen molar-refractivity contribution in [3.05, 3.63) is 11.8 Å². The van der Waals surface area contributed by atoms with Crippen molar-refractivity contribution in [3.63, 3.8) is 0 Å². The van der Waals surface area contributed by atoms with Crippen molar-refractivity contribution in [2.24, 2.45) is 0 Å². The van der Waals surface area contributed by atoms with Gasteiger partial charge in [-0.25, -0.2) is 0 Å². The van der Waals surface area contributed by atoms with Crippen LogP contribution in [0.4, 0.5) is 35.1 Å². The van der Waals surface area contributed by atoms with E-state index >= 15 is 0 Å². The van der Waals surface area contributed by atoms with E-state index in [9.17, 15) is 39.9 Å². The molecule has 0 aromatic carbocycles. The molecule has 11 heteroatoms. The van der Waals surface area contributed by atoms with E-state index in [1.54, 1.807) is 0 Å². The van der Waals surface area contributed by atoms with Crippen LogP contribution in [-0.4, -0.2) is 32.4 Å². The zero-order valence-corrected chi connectivity index (χ0v) is 13.9. The van der Waals surface area contributed by atoms with E-state index < -0.39 is 49.2 Å². The summed E-state index contributed by atoms with van der Waals surface area (Å²) in [5, 5.41) is -0.799. The molecule has 136 valence electrons. The third kappa shape index (κ3) is 5.18.